The molecule has 3 heteroatoms. The molecule has 36 valence electrons. The molecule has 1 aromatic heterocycles. The quantitative estimate of drug-likeness (QED) is 0.251. The van der Waals surface area contributed by atoms with Crippen molar-refractivity contribution in [3.8, 4) is 0 Å². The largest absolute Gasteiger partial charge is 1.00 e. The van der Waals surface area contributed by atoms with E-state index in [0.29, 0.717) is 5.15 Å². The van der Waals surface area contributed by atoms with Crippen molar-refractivity contribution in [2.75, 3.05) is 0 Å². The summed E-state index contributed by atoms with van der Waals surface area (Å²) in [5.74, 6) is 0. The van der Waals surface area contributed by atoms with Crippen molar-refractivity contribution >= 4 is 11.6 Å². The van der Waals surface area contributed by atoms with Gasteiger partial charge in [-0.2, -0.15) is 6.07 Å². The molecule has 0 aliphatic heterocycles. The third-order valence-corrected chi connectivity index (χ3v) is 0.779. The van der Waals surface area contributed by atoms with Gasteiger partial charge in [-0.05, 0) is 0 Å². The van der Waals surface area contributed by atoms with Crippen LogP contribution in [-0.2, 0) is 0 Å². The van der Waals surface area contributed by atoms with Crippen LogP contribution in [-0.4, -0.2) is 4.98 Å². The van der Waals surface area contributed by atoms with Gasteiger partial charge in [-0.25, -0.2) is 12.1 Å². The molecule has 0 atom stereocenters. The maximum atomic E-state index is 5.37. The fourth-order valence-electron chi connectivity index (χ4n) is 0.306. The number of nitrogens with zero attached hydrogens (tertiary/aromatic N) is 1. The summed E-state index contributed by atoms with van der Waals surface area (Å²) in [5.41, 5.74) is 0. The average molecular weight is 152 g/mol. The standard InChI is InChI=1S/C5H3ClN.K/c6-5-3-1-2-4-7-5;/h1-2,4H;/q-1;+1. The van der Waals surface area contributed by atoms with Gasteiger partial charge in [0.1, 0.15) is 0 Å². The number of aromatic nitrogens is 1. The Morgan fingerprint density at radius 1 is 1.62 bits per heavy atom. The second-order valence-electron chi connectivity index (χ2n) is 1.07. The van der Waals surface area contributed by atoms with Gasteiger partial charge in [0.25, 0.3) is 0 Å². The van der Waals surface area contributed by atoms with Gasteiger partial charge in [0.05, 0.1) is 0 Å². The number of hydrogen-bond acceptors (Lipinski definition) is 1. The Hall–Kier alpha value is 1.08. The molecule has 0 amide bonds. The Bertz CT molecular complexity index is 142. The van der Waals surface area contributed by atoms with Crippen LogP contribution in [0.1, 0.15) is 0 Å². The zero-order valence-corrected chi connectivity index (χ0v) is 8.44. The maximum absolute atomic E-state index is 5.37. The first-order valence-corrected chi connectivity index (χ1v) is 2.25. The maximum Gasteiger partial charge on any atom is 1.00 e. The molecule has 0 aromatic carbocycles. The van der Waals surface area contributed by atoms with Crippen molar-refractivity contribution in [2.45, 2.75) is 0 Å². The first-order chi connectivity index (χ1) is 3.39. The summed E-state index contributed by atoms with van der Waals surface area (Å²) in [6.07, 6.45) is 1.62. The molecular weight excluding hydrogens is 149 g/mol. The second kappa shape index (κ2) is 4.91. The molecule has 0 saturated heterocycles. The molecule has 0 N–H and O–H groups in total. The molecule has 0 aliphatic carbocycles. The van der Waals surface area contributed by atoms with E-state index in [2.05, 4.69) is 11.1 Å². The second-order valence-corrected chi connectivity index (χ2v) is 1.43. The van der Waals surface area contributed by atoms with Gasteiger partial charge in [-0.1, -0.05) is 17.8 Å². The molecular formula is C5H3ClKN. The summed E-state index contributed by atoms with van der Waals surface area (Å²) in [4.78, 5) is 3.69. The van der Waals surface area contributed by atoms with Crippen molar-refractivity contribution in [3.05, 3.63) is 29.5 Å². The van der Waals surface area contributed by atoms with Crippen LogP contribution >= 0.6 is 11.6 Å². The van der Waals surface area contributed by atoms with E-state index in [1.807, 2.05) is 0 Å². The topological polar surface area (TPSA) is 12.9 Å². The Labute approximate surface area is 95.9 Å². The molecule has 0 radical (unpaired) electrons. The third kappa shape index (κ3) is 3.17. The van der Waals surface area contributed by atoms with E-state index >= 15 is 0 Å². The summed E-state index contributed by atoms with van der Waals surface area (Å²) in [7, 11) is 0. The molecule has 1 nitrogen and oxygen atoms in total. The fourth-order valence-corrected chi connectivity index (χ4v) is 0.425. The number of hydrogen-bond donors (Lipinski definition) is 0. The zero-order valence-electron chi connectivity index (χ0n) is 4.56. The van der Waals surface area contributed by atoms with Crippen LogP contribution in [0.2, 0.25) is 5.15 Å². The van der Waals surface area contributed by atoms with Gasteiger partial charge in [-0.3, -0.25) is 4.98 Å². The number of pyridine rings is 1. The van der Waals surface area contributed by atoms with Crippen molar-refractivity contribution in [3.63, 3.8) is 0 Å². The molecule has 0 aliphatic rings. The van der Waals surface area contributed by atoms with Crippen LogP contribution in [0.4, 0.5) is 0 Å². The van der Waals surface area contributed by atoms with E-state index in [-0.39, 0.29) is 51.4 Å². The Morgan fingerprint density at radius 2 is 2.38 bits per heavy atom. The van der Waals surface area contributed by atoms with E-state index < -0.39 is 0 Å². The Balaban J connectivity index is 0.000000490. The fraction of sp³-hybridized carbons (Fsp3) is 0. The molecule has 1 aromatic rings. The molecule has 8 heavy (non-hydrogen) atoms. The van der Waals surface area contributed by atoms with Crippen molar-refractivity contribution in [1.82, 2.24) is 4.98 Å². The molecule has 0 bridgehead atoms. The van der Waals surface area contributed by atoms with E-state index in [1.165, 1.54) is 0 Å². The molecule has 0 fully saturated rings. The molecule has 1 heterocycles. The third-order valence-electron chi connectivity index (χ3n) is 0.573. The van der Waals surface area contributed by atoms with Crippen molar-refractivity contribution < 1.29 is 51.4 Å². The van der Waals surface area contributed by atoms with Gasteiger partial charge in [-0.15, -0.1) is 0 Å². The van der Waals surface area contributed by atoms with Crippen LogP contribution in [0.5, 0.6) is 0 Å². The van der Waals surface area contributed by atoms with Gasteiger partial charge in [0.2, 0.25) is 0 Å². The van der Waals surface area contributed by atoms with Crippen LogP contribution in [0, 0.1) is 6.07 Å². The van der Waals surface area contributed by atoms with Gasteiger partial charge >= 0.3 is 51.4 Å². The summed E-state index contributed by atoms with van der Waals surface area (Å²) >= 11 is 5.37. The predicted octanol–water partition coefficient (Wildman–Crippen LogP) is -1.46. The summed E-state index contributed by atoms with van der Waals surface area (Å²) in [6, 6.07) is 6.17. The molecule has 0 spiro atoms. The van der Waals surface area contributed by atoms with Gasteiger partial charge < -0.3 is 0 Å². The zero-order chi connectivity index (χ0) is 5.11. The van der Waals surface area contributed by atoms with Gasteiger partial charge in [0.15, 0.2) is 0 Å². The molecule has 1 rings (SSSR count). The Morgan fingerprint density at radius 3 is 2.62 bits per heavy atom. The first-order valence-electron chi connectivity index (χ1n) is 1.88. The normalized spacial score (nSPS) is 7.62. The van der Waals surface area contributed by atoms with E-state index in [0.717, 1.165) is 0 Å². The van der Waals surface area contributed by atoms with E-state index in [4.69, 9.17) is 11.6 Å². The van der Waals surface area contributed by atoms with E-state index in [1.54, 1.807) is 18.3 Å². The average Bonchev–Trinajstić information content (AvgIpc) is 1.69. The van der Waals surface area contributed by atoms with Gasteiger partial charge in [0, 0.05) is 5.15 Å². The molecule has 0 unspecified atom stereocenters. The predicted molar refractivity (Wildman–Crippen MR) is 28.1 cm³/mol. The van der Waals surface area contributed by atoms with Crippen molar-refractivity contribution in [2.24, 2.45) is 0 Å². The van der Waals surface area contributed by atoms with E-state index in [9.17, 15) is 0 Å². The minimum Gasteiger partial charge on any atom is -0.284 e. The van der Waals surface area contributed by atoms with Crippen LogP contribution in [0.3, 0.4) is 0 Å². The monoisotopic (exact) mass is 151 g/mol. The number of halogens is 1. The minimum atomic E-state index is 0. The number of rotatable bonds is 0. The Kier molecular flexibility index (Phi) is 5.57. The van der Waals surface area contributed by atoms with Crippen LogP contribution in [0.25, 0.3) is 0 Å². The summed E-state index contributed by atoms with van der Waals surface area (Å²) in [6.45, 7) is 0. The molecule has 0 saturated carbocycles. The van der Waals surface area contributed by atoms with Crippen LogP contribution in [0.15, 0.2) is 18.3 Å². The summed E-state index contributed by atoms with van der Waals surface area (Å²) < 4.78 is 0. The van der Waals surface area contributed by atoms with Crippen molar-refractivity contribution in [1.29, 1.82) is 0 Å². The SMILES string of the molecule is Clc1[c-]cccn1.[K+]. The smallest absolute Gasteiger partial charge is 0.284 e. The minimum absolute atomic E-state index is 0. The first kappa shape index (κ1) is 9.08. The summed E-state index contributed by atoms with van der Waals surface area (Å²) in [5, 5.41) is 0.419. The van der Waals surface area contributed by atoms with Crippen LogP contribution < -0.4 is 51.4 Å².